The number of aryl methyl sites for hydroxylation is 1. The van der Waals surface area contributed by atoms with Crippen molar-refractivity contribution in [1.82, 2.24) is 9.97 Å². The molecule has 0 aliphatic carbocycles. The number of benzene rings is 1. The normalized spacial score (nSPS) is 10.8. The maximum Gasteiger partial charge on any atom is 0.0991 e. The summed E-state index contributed by atoms with van der Waals surface area (Å²) in [4.78, 5) is 7.75. The van der Waals surface area contributed by atoms with Crippen molar-refractivity contribution in [3.8, 4) is 17.3 Å². The van der Waals surface area contributed by atoms with Crippen LogP contribution in [0.15, 0.2) is 41.1 Å². The Labute approximate surface area is 143 Å². The number of rotatable bonds is 5. The Hall–Kier alpha value is -2.16. The number of hydrogen-bond acceptors (Lipinski definition) is 3. The van der Waals surface area contributed by atoms with E-state index in [1.54, 1.807) is 6.20 Å². The van der Waals surface area contributed by atoms with Crippen molar-refractivity contribution in [2.45, 2.75) is 19.3 Å². The average molecular weight is 369 g/mol. The van der Waals surface area contributed by atoms with E-state index in [2.05, 4.69) is 38.0 Å². The summed E-state index contributed by atoms with van der Waals surface area (Å²) in [6, 6.07) is 10.0. The third kappa shape index (κ3) is 3.29. The third-order valence-corrected chi connectivity index (χ3v) is 4.34. The van der Waals surface area contributed by atoms with Gasteiger partial charge in [0.15, 0.2) is 0 Å². The molecule has 0 saturated heterocycles. The number of nitrogens with two attached hydrogens (primary N) is 1. The number of aromatic amines is 1. The van der Waals surface area contributed by atoms with E-state index in [4.69, 9.17) is 11.0 Å². The van der Waals surface area contributed by atoms with E-state index in [9.17, 15) is 0 Å². The molecule has 3 N–H and O–H groups in total. The minimum atomic E-state index is 0.676. The first kappa shape index (κ1) is 15.7. The van der Waals surface area contributed by atoms with E-state index in [-0.39, 0.29) is 0 Å². The Morgan fingerprint density at radius 3 is 2.83 bits per heavy atom. The molecule has 0 amide bonds. The first-order valence-corrected chi connectivity index (χ1v) is 8.38. The van der Waals surface area contributed by atoms with Crippen molar-refractivity contribution in [1.29, 1.82) is 5.26 Å². The van der Waals surface area contributed by atoms with Crippen LogP contribution >= 0.6 is 15.9 Å². The smallest absolute Gasteiger partial charge is 0.0991 e. The van der Waals surface area contributed by atoms with Gasteiger partial charge in [0.1, 0.15) is 0 Å². The van der Waals surface area contributed by atoms with Gasteiger partial charge in [-0.2, -0.15) is 5.26 Å². The van der Waals surface area contributed by atoms with E-state index >= 15 is 0 Å². The van der Waals surface area contributed by atoms with E-state index in [0.717, 1.165) is 45.9 Å². The molecule has 0 aliphatic heterocycles. The fraction of sp³-hybridized carbons (Fsp3) is 0.222. The van der Waals surface area contributed by atoms with Crippen molar-refractivity contribution < 1.29 is 0 Å². The zero-order chi connectivity index (χ0) is 16.2. The van der Waals surface area contributed by atoms with Crippen molar-refractivity contribution in [3.05, 3.63) is 52.3 Å². The van der Waals surface area contributed by atoms with Gasteiger partial charge < -0.3 is 10.7 Å². The lowest BCUT2D eigenvalue weighted by atomic mass is 10.0. The van der Waals surface area contributed by atoms with Crippen LogP contribution in [0.5, 0.6) is 0 Å². The van der Waals surface area contributed by atoms with Crippen LogP contribution in [0.4, 0.5) is 0 Å². The molecule has 2 aromatic heterocycles. The molecule has 116 valence electrons. The second kappa shape index (κ2) is 6.95. The lowest BCUT2D eigenvalue weighted by Crippen LogP contribution is -1.99. The summed E-state index contributed by atoms with van der Waals surface area (Å²) in [5, 5.41) is 10.3. The van der Waals surface area contributed by atoms with Gasteiger partial charge in [0, 0.05) is 33.3 Å². The quantitative estimate of drug-likeness (QED) is 0.664. The topological polar surface area (TPSA) is 78.5 Å². The molecule has 5 heteroatoms. The van der Waals surface area contributed by atoms with Crippen LogP contribution in [-0.4, -0.2) is 16.5 Å². The molecule has 0 spiro atoms. The first-order chi connectivity index (χ1) is 11.2. The SMILES string of the molecule is N#Cc1ccc2[nH]c(-c3cncc(Br)c3)c(CCCCN)c2c1. The molecule has 0 unspecified atom stereocenters. The minimum Gasteiger partial charge on any atom is -0.354 e. The maximum absolute atomic E-state index is 9.17. The summed E-state index contributed by atoms with van der Waals surface area (Å²) >= 11 is 3.48. The van der Waals surface area contributed by atoms with Gasteiger partial charge >= 0.3 is 0 Å². The van der Waals surface area contributed by atoms with Gasteiger partial charge in [-0.1, -0.05) is 0 Å². The predicted octanol–water partition coefficient (Wildman–Crippen LogP) is 4.15. The number of unbranched alkanes of at least 4 members (excludes halogenated alkanes) is 1. The summed E-state index contributed by atoms with van der Waals surface area (Å²) in [5.41, 5.74) is 10.7. The lowest BCUT2D eigenvalue weighted by Gasteiger charge is -2.05. The minimum absolute atomic E-state index is 0.676. The number of nitrogens with one attached hydrogen (secondary N) is 1. The monoisotopic (exact) mass is 368 g/mol. The molecule has 0 atom stereocenters. The molecule has 0 radical (unpaired) electrons. The molecule has 2 heterocycles. The van der Waals surface area contributed by atoms with Crippen LogP contribution in [0.1, 0.15) is 24.0 Å². The van der Waals surface area contributed by atoms with Crippen LogP contribution in [0, 0.1) is 11.3 Å². The Bertz CT molecular complexity index is 876. The number of halogens is 1. The second-order valence-corrected chi connectivity index (χ2v) is 6.40. The van der Waals surface area contributed by atoms with Gasteiger partial charge in [0.05, 0.1) is 17.3 Å². The van der Waals surface area contributed by atoms with Crippen molar-refractivity contribution in [2.24, 2.45) is 5.73 Å². The molecular weight excluding hydrogens is 352 g/mol. The number of hydrogen-bond donors (Lipinski definition) is 2. The summed E-state index contributed by atoms with van der Waals surface area (Å²) < 4.78 is 0.944. The summed E-state index contributed by atoms with van der Waals surface area (Å²) in [6.07, 6.45) is 6.56. The maximum atomic E-state index is 9.17. The van der Waals surface area contributed by atoms with Crippen molar-refractivity contribution >= 4 is 26.8 Å². The molecule has 23 heavy (non-hydrogen) atoms. The number of nitriles is 1. The highest BCUT2D eigenvalue weighted by Crippen LogP contribution is 2.32. The van der Waals surface area contributed by atoms with Crippen LogP contribution in [-0.2, 0) is 6.42 Å². The van der Waals surface area contributed by atoms with E-state index in [1.165, 1.54) is 5.56 Å². The Kier molecular flexibility index (Phi) is 4.75. The molecule has 3 aromatic rings. The van der Waals surface area contributed by atoms with Gasteiger partial charge in [-0.05, 0) is 71.6 Å². The third-order valence-electron chi connectivity index (χ3n) is 3.91. The Morgan fingerprint density at radius 1 is 1.22 bits per heavy atom. The highest BCUT2D eigenvalue weighted by Gasteiger charge is 2.14. The van der Waals surface area contributed by atoms with Gasteiger partial charge in [-0.15, -0.1) is 0 Å². The van der Waals surface area contributed by atoms with Gasteiger partial charge in [0.2, 0.25) is 0 Å². The van der Waals surface area contributed by atoms with Crippen LogP contribution in [0.3, 0.4) is 0 Å². The molecular formula is C18H17BrN4. The summed E-state index contributed by atoms with van der Waals surface area (Å²) in [6.45, 7) is 0.694. The van der Waals surface area contributed by atoms with Gasteiger partial charge in [-0.25, -0.2) is 0 Å². The molecule has 0 fully saturated rings. The largest absolute Gasteiger partial charge is 0.354 e. The number of aromatic nitrogens is 2. The first-order valence-electron chi connectivity index (χ1n) is 7.58. The van der Waals surface area contributed by atoms with Crippen LogP contribution in [0.2, 0.25) is 0 Å². The molecule has 0 bridgehead atoms. The zero-order valence-electron chi connectivity index (χ0n) is 12.6. The van der Waals surface area contributed by atoms with Crippen molar-refractivity contribution in [3.63, 3.8) is 0 Å². The van der Waals surface area contributed by atoms with Gasteiger partial charge in [0.25, 0.3) is 0 Å². The fourth-order valence-corrected chi connectivity index (χ4v) is 3.18. The predicted molar refractivity (Wildman–Crippen MR) is 95.9 cm³/mol. The summed E-state index contributed by atoms with van der Waals surface area (Å²) in [5.74, 6) is 0. The Morgan fingerprint density at radius 2 is 2.09 bits per heavy atom. The van der Waals surface area contributed by atoms with E-state index in [0.29, 0.717) is 12.1 Å². The van der Waals surface area contributed by atoms with E-state index in [1.807, 2.05) is 24.4 Å². The average Bonchev–Trinajstić information content (AvgIpc) is 2.93. The molecule has 1 aromatic carbocycles. The van der Waals surface area contributed by atoms with Crippen molar-refractivity contribution in [2.75, 3.05) is 6.54 Å². The standard InChI is InChI=1S/C18H17BrN4/c19-14-8-13(10-22-11-14)18-15(3-1-2-6-20)16-7-12(9-21)4-5-17(16)23-18/h4-5,7-8,10-11,23H,1-3,6,20H2. The van der Waals surface area contributed by atoms with E-state index < -0.39 is 0 Å². The molecule has 4 nitrogen and oxygen atoms in total. The molecule has 0 aliphatic rings. The van der Waals surface area contributed by atoms with Crippen LogP contribution < -0.4 is 5.73 Å². The fourth-order valence-electron chi connectivity index (χ4n) is 2.82. The zero-order valence-corrected chi connectivity index (χ0v) is 14.2. The van der Waals surface area contributed by atoms with Crippen LogP contribution in [0.25, 0.3) is 22.2 Å². The number of H-pyrrole nitrogens is 1. The number of fused-ring (bicyclic) bond motifs is 1. The summed E-state index contributed by atoms with van der Waals surface area (Å²) in [7, 11) is 0. The second-order valence-electron chi connectivity index (χ2n) is 5.49. The van der Waals surface area contributed by atoms with Gasteiger partial charge in [-0.3, -0.25) is 4.98 Å². The molecule has 0 saturated carbocycles. The highest BCUT2D eigenvalue weighted by atomic mass is 79.9. The Balaban J connectivity index is 2.15. The number of pyridine rings is 1. The molecule has 3 rings (SSSR count). The lowest BCUT2D eigenvalue weighted by molar-refractivity contribution is 0.748. The highest BCUT2D eigenvalue weighted by molar-refractivity contribution is 9.10. The number of nitrogens with zero attached hydrogens (tertiary/aromatic N) is 2.